The zero-order chi connectivity index (χ0) is 11.9. The molecule has 82 valence electrons. The molecule has 0 aliphatic heterocycles. The van der Waals surface area contributed by atoms with Gasteiger partial charge in [0.2, 0.25) is 0 Å². The summed E-state index contributed by atoms with van der Waals surface area (Å²) in [6, 6.07) is 3.56. The molecule has 0 radical (unpaired) electrons. The number of fused-ring (bicyclic) bond motifs is 1. The SMILES string of the molecule is O=C(O)c1cc(Cl)c2cc(Cl)c(F)cc2n1. The maximum absolute atomic E-state index is 13.2. The molecule has 0 spiro atoms. The van der Waals surface area contributed by atoms with E-state index in [2.05, 4.69) is 4.98 Å². The summed E-state index contributed by atoms with van der Waals surface area (Å²) in [4.78, 5) is 14.5. The van der Waals surface area contributed by atoms with Crippen molar-refractivity contribution in [1.82, 2.24) is 4.98 Å². The molecule has 0 unspecified atom stereocenters. The molecule has 6 heteroatoms. The highest BCUT2D eigenvalue weighted by Gasteiger charge is 2.12. The molecule has 0 saturated heterocycles. The predicted molar refractivity (Wildman–Crippen MR) is 58.7 cm³/mol. The first-order valence-electron chi connectivity index (χ1n) is 4.17. The molecule has 0 bridgehead atoms. The number of halogens is 3. The number of rotatable bonds is 1. The Hall–Kier alpha value is -1.39. The van der Waals surface area contributed by atoms with Crippen LogP contribution in [0.3, 0.4) is 0 Å². The van der Waals surface area contributed by atoms with Crippen LogP contribution in [-0.2, 0) is 0 Å². The molecule has 1 heterocycles. The van der Waals surface area contributed by atoms with E-state index in [0.29, 0.717) is 5.39 Å². The van der Waals surface area contributed by atoms with E-state index in [0.717, 1.165) is 6.07 Å². The number of carboxylic acids is 1. The molecule has 0 amide bonds. The number of benzene rings is 1. The molecule has 3 nitrogen and oxygen atoms in total. The highest BCUT2D eigenvalue weighted by Crippen LogP contribution is 2.28. The third-order valence-electron chi connectivity index (χ3n) is 2.02. The lowest BCUT2D eigenvalue weighted by Crippen LogP contribution is -2.00. The largest absolute Gasteiger partial charge is 0.477 e. The number of nitrogens with zero attached hydrogens (tertiary/aromatic N) is 1. The van der Waals surface area contributed by atoms with Crippen LogP contribution in [-0.4, -0.2) is 16.1 Å². The van der Waals surface area contributed by atoms with E-state index in [1.165, 1.54) is 12.1 Å². The summed E-state index contributed by atoms with van der Waals surface area (Å²) in [5, 5.41) is 9.25. The van der Waals surface area contributed by atoms with Crippen molar-refractivity contribution in [3.8, 4) is 0 Å². The molecule has 0 aliphatic rings. The summed E-state index contributed by atoms with van der Waals surface area (Å²) < 4.78 is 13.2. The molecule has 1 aromatic carbocycles. The molecular weight excluding hydrogens is 256 g/mol. The molecular formula is C10H4Cl2FNO2. The van der Waals surface area contributed by atoms with Gasteiger partial charge in [0, 0.05) is 11.5 Å². The normalized spacial score (nSPS) is 10.7. The maximum atomic E-state index is 13.2. The summed E-state index contributed by atoms with van der Waals surface area (Å²) in [7, 11) is 0. The lowest BCUT2D eigenvalue weighted by Gasteiger charge is -2.03. The number of hydrogen-bond acceptors (Lipinski definition) is 2. The van der Waals surface area contributed by atoms with Crippen LogP contribution >= 0.6 is 23.2 Å². The summed E-state index contributed by atoms with van der Waals surface area (Å²) in [6.45, 7) is 0. The molecule has 0 saturated carbocycles. The maximum Gasteiger partial charge on any atom is 0.354 e. The molecule has 0 atom stereocenters. The topological polar surface area (TPSA) is 50.2 Å². The van der Waals surface area contributed by atoms with Crippen molar-refractivity contribution in [2.24, 2.45) is 0 Å². The Bertz CT molecular complexity index is 601. The minimum atomic E-state index is -1.22. The molecule has 2 rings (SSSR count). The highest BCUT2D eigenvalue weighted by molar-refractivity contribution is 6.37. The summed E-state index contributed by atoms with van der Waals surface area (Å²) >= 11 is 11.4. The second-order valence-electron chi connectivity index (χ2n) is 3.08. The summed E-state index contributed by atoms with van der Waals surface area (Å²) in [6.07, 6.45) is 0. The first-order chi connectivity index (χ1) is 7.49. The van der Waals surface area contributed by atoms with E-state index in [1.54, 1.807) is 0 Å². The standard InChI is InChI=1S/C10H4Cl2FNO2/c11-5-2-9(10(15)16)14-8-3-7(13)6(12)1-4(5)8/h1-3H,(H,15,16). The number of carbonyl (C=O) groups is 1. The molecule has 2 aromatic rings. The minimum Gasteiger partial charge on any atom is -0.477 e. The minimum absolute atomic E-state index is 0.0840. The lowest BCUT2D eigenvalue weighted by atomic mass is 10.2. The van der Waals surface area contributed by atoms with Gasteiger partial charge in [0.1, 0.15) is 11.5 Å². The summed E-state index contributed by atoms with van der Waals surface area (Å²) in [5.74, 6) is -1.89. The Morgan fingerprint density at radius 1 is 1.25 bits per heavy atom. The van der Waals surface area contributed by atoms with Gasteiger partial charge in [-0.1, -0.05) is 23.2 Å². The smallest absolute Gasteiger partial charge is 0.354 e. The first kappa shape index (κ1) is 11.1. The van der Waals surface area contributed by atoms with Crippen LogP contribution in [0, 0.1) is 5.82 Å². The third kappa shape index (κ3) is 1.81. The second kappa shape index (κ2) is 3.88. The van der Waals surface area contributed by atoms with Crippen molar-refractivity contribution >= 4 is 40.1 Å². The van der Waals surface area contributed by atoms with Gasteiger partial charge in [-0.05, 0) is 12.1 Å². The van der Waals surface area contributed by atoms with E-state index in [1.807, 2.05) is 0 Å². The van der Waals surface area contributed by atoms with E-state index in [4.69, 9.17) is 28.3 Å². The lowest BCUT2D eigenvalue weighted by molar-refractivity contribution is 0.0691. The van der Waals surface area contributed by atoms with Crippen molar-refractivity contribution in [3.05, 3.63) is 39.8 Å². The van der Waals surface area contributed by atoms with Crippen LogP contribution in [0.5, 0.6) is 0 Å². The van der Waals surface area contributed by atoms with Crippen molar-refractivity contribution < 1.29 is 14.3 Å². The van der Waals surface area contributed by atoms with Crippen LogP contribution in [0.2, 0.25) is 10.0 Å². The molecule has 1 aromatic heterocycles. The van der Waals surface area contributed by atoms with Crippen LogP contribution in [0.1, 0.15) is 10.5 Å². The van der Waals surface area contributed by atoms with Gasteiger partial charge in [0.25, 0.3) is 0 Å². The van der Waals surface area contributed by atoms with Gasteiger partial charge in [-0.3, -0.25) is 0 Å². The van der Waals surface area contributed by atoms with E-state index < -0.39 is 11.8 Å². The van der Waals surface area contributed by atoms with E-state index in [9.17, 15) is 9.18 Å². The quantitative estimate of drug-likeness (QED) is 0.854. The number of pyridine rings is 1. The van der Waals surface area contributed by atoms with Gasteiger partial charge in [-0.25, -0.2) is 14.2 Å². The third-order valence-corrected chi connectivity index (χ3v) is 2.62. The Morgan fingerprint density at radius 3 is 2.56 bits per heavy atom. The van der Waals surface area contributed by atoms with Crippen molar-refractivity contribution in [1.29, 1.82) is 0 Å². The summed E-state index contributed by atoms with van der Waals surface area (Å²) in [5.41, 5.74) is -0.0778. The zero-order valence-electron chi connectivity index (χ0n) is 7.67. The van der Waals surface area contributed by atoms with Gasteiger partial charge in [-0.15, -0.1) is 0 Å². The van der Waals surface area contributed by atoms with Gasteiger partial charge >= 0.3 is 5.97 Å². The fraction of sp³-hybridized carbons (Fsp3) is 0. The fourth-order valence-electron chi connectivity index (χ4n) is 1.29. The van der Waals surface area contributed by atoms with E-state index in [-0.39, 0.29) is 21.3 Å². The van der Waals surface area contributed by atoms with Gasteiger partial charge in [-0.2, -0.15) is 0 Å². The van der Waals surface area contributed by atoms with Crippen LogP contribution in [0.15, 0.2) is 18.2 Å². The van der Waals surface area contributed by atoms with Gasteiger partial charge in [0.15, 0.2) is 0 Å². The zero-order valence-corrected chi connectivity index (χ0v) is 9.18. The predicted octanol–water partition coefficient (Wildman–Crippen LogP) is 3.38. The van der Waals surface area contributed by atoms with Gasteiger partial charge < -0.3 is 5.11 Å². The van der Waals surface area contributed by atoms with Crippen molar-refractivity contribution in [3.63, 3.8) is 0 Å². The average molecular weight is 260 g/mol. The number of aromatic nitrogens is 1. The molecule has 1 N–H and O–H groups in total. The molecule has 16 heavy (non-hydrogen) atoms. The van der Waals surface area contributed by atoms with Crippen LogP contribution in [0.4, 0.5) is 4.39 Å². The number of hydrogen-bond donors (Lipinski definition) is 1. The second-order valence-corrected chi connectivity index (χ2v) is 3.89. The number of aromatic carboxylic acids is 1. The molecule has 0 fully saturated rings. The Labute approximate surface area is 99.4 Å². The van der Waals surface area contributed by atoms with Crippen LogP contribution < -0.4 is 0 Å². The first-order valence-corrected chi connectivity index (χ1v) is 4.93. The highest BCUT2D eigenvalue weighted by atomic mass is 35.5. The fourth-order valence-corrected chi connectivity index (χ4v) is 1.71. The molecule has 0 aliphatic carbocycles. The monoisotopic (exact) mass is 259 g/mol. The van der Waals surface area contributed by atoms with Crippen molar-refractivity contribution in [2.45, 2.75) is 0 Å². The van der Waals surface area contributed by atoms with Gasteiger partial charge in [0.05, 0.1) is 15.6 Å². The average Bonchev–Trinajstić information content (AvgIpc) is 2.20. The van der Waals surface area contributed by atoms with Crippen molar-refractivity contribution in [2.75, 3.05) is 0 Å². The number of carboxylic acid groups (broad SMARTS) is 1. The Balaban J connectivity index is 2.82. The Kier molecular flexibility index (Phi) is 2.69. The van der Waals surface area contributed by atoms with Crippen LogP contribution in [0.25, 0.3) is 10.9 Å². The Morgan fingerprint density at radius 2 is 1.94 bits per heavy atom. The van der Waals surface area contributed by atoms with E-state index >= 15 is 0 Å².